The molecule has 3 unspecified atom stereocenters. The molecule has 0 aromatic carbocycles. The van der Waals surface area contributed by atoms with Crippen LogP contribution in [0.1, 0.15) is 32.1 Å². The molecule has 0 spiro atoms. The molecule has 0 aromatic heterocycles. The number of hydrogen-bond acceptors (Lipinski definition) is 8. The fourth-order valence-electron chi connectivity index (χ4n) is 7.12. The number of quaternary nitrogens is 4. The SMILES string of the molecule is C[N+](C)(C)CC(=O)OC1C2C[C@]3(OC(=O)C[N+](C)(C)C)CC1(OC(=O)C[N+](C)(C)C)C[C@](OC(=O)C[N+](C)(C)C)(C2)C3. The molecule has 12 heteroatoms. The van der Waals surface area contributed by atoms with Crippen molar-refractivity contribution in [2.45, 2.75) is 55.0 Å². The van der Waals surface area contributed by atoms with Gasteiger partial charge in [-0.15, -0.1) is 0 Å². The van der Waals surface area contributed by atoms with Gasteiger partial charge in [-0.05, 0) is 12.8 Å². The Labute approximate surface area is 251 Å². The standard InChI is InChI=1S/C30H56N4O8/c1-31(2,3)15-23(35)39-27-22-13-28(40-24(36)16-32(4,5)6)19-29(14-22,41-25(37)17-33(7,8)9)21-30(27,20-28)42-26(38)18-34(10,11)12/h22,27H,13-21H2,1-12H3/q+4/t22?,27?,28-,29+,30?. The highest BCUT2D eigenvalue weighted by atomic mass is 16.6. The zero-order valence-electron chi connectivity index (χ0n) is 28.1. The van der Waals surface area contributed by atoms with Gasteiger partial charge in [0, 0.05) is 25.2 Å². The molecule has 4 rings (SSSR count). The Morgan fingerprint density at radius 1 is 0.524 bits per heavy atom. The number of esters is 4. The molecule has 0 aliphatic heterocycles. The first-order valence-corrected chi connectivity index (χ1v) is 14.8. The van der Waals surface area contributed by atoms with Gasteiger partial charge < -0.3 is 36.9 Å². The van der Waals surface area contributed by atoms with Crippen LogP contribution < -0.4 is 0 Å². The number of carbonyl (C=O) groups is 4. The van der Waals surface area contributed by atoms with E-state index in [4.69, 9.17) is 18.9 Å². The quantitative estimate of drug-likeness (QED) is 0.178. The zero-order valence-corrected chi connectivity index (χ0v) is 28.1. The number of hydrogen-bond donors (Lipinski definition) is 0. The Bertz CT molecular complexity index is 1030. The molecular formula is C30H56N4O8+4. The lowest BCUT2D eigenvalue weighted by Crippen LogP contribution is -2.75. The van der Waals surface area contributed by atoms with Gasteiger partial charge in [0.2, 0.25) is 0 Å². The summed E-state index contributed by atoms with van der Waals surface area (Å²) in [5, 5.41) is 0. The first-order chi connectivity index (χ1) is 18.7. The van der Waals surface area contributed by atoms with Gasteiger partial charge in [0.25, 0.3) is 0 Å². The van der Waals surface area contributed by atoms with E-state index < -0.39 is 34.8 Å². The molecule has 0 saturated heterocycles. The Kier molecular flexibility index (Phi) is 8.97. The van der Waals surface area contributed by atoms with Crippen molar-refractivity contribution in [2.24, 2.45) is 5.92 Å². The van der Waals surface area contributed by atoms with Gasteiger partial charge in [-0.2, -0.15) is 0 Å². The first-order valence-electron chi connectivity index (χ1n) is 14.8. The number of carbonyl (C=O) groups excluding carboxylic acids is 4. The van der Waals surface area contributed by atoms with E-state index in [2.05, 4.69) is 0 Å². The summed E-state index contributed by atoms with van der Waals surface area (Å²) in [5.41, 5.74) is -3.35. The van der Waals surface area contributed by atoms with Gasteiger partial charge >= 0.3 is 23.9 Å². The van der Waals surface area contributed by atoms with Crippen molar-refractivity contribution in [1.29, 1.82) is 0 Å². The van der Waals surface area contributed by atoms with E-state index in [0.717, 1.165) is 0 Å². The lowest BCUT2D eigenvalue weighted by atomic mass is 9.48. The molecule has 4 bridgehead atoms. The second-order valence-electron chi connectivity index (χ2n) is 17.3. The Morgan fingerprint density at radius 2 is 0.857 bits per heavy atom. The summed E-state index contributed by atoms with van der Waals surface area (Å²) in [6, 6.07) is 0. The molecule has 4 aliphatic carbocycles. The predicted octanol–water partition coefficient (Wildman–Crippen LogP) is 0.177. The van der Waals surface area contributed by atoms with Crippen LogP contribution >= 0.6 is 0 Å². The van der Waals surface area contributed by atoms with Crippen LogP contribution in [-0.4, -0.2) is 175 Å². The van der Waals surface area contributed by atoms with Crippen LogP contribution in [0.2, 0.25) is 0 Å². The summed E-state index contributed by atoms with van der Waals surface area (Å²) in [6.07, 6.45) is 0.793. The smallest absolute Gasteiger partial charge is 0.362 e. The van der Waals surface area contributed by atoms with Crippen molar-refractivity contribution < 1.29 is 56.1 Å². The largest absolute Gasteiger partial charge is 0.455 e. The van der Waals surface area contributed by atoms with Crippen molar-refractivity contribution in [3.8, 4) is 0 Å². The molecule has 4 fully saturated rings. The van der Waals surface area contributed by atoms with Gasteiger partial charge in [-0.1, -0.05) is 0 Å². The Morgan fingerprint density at radius 3 is 1.21 bits per heavy atom. The van der Waals surface area contributed by atoms with E-state index in [1.807, 2.05) is 84.6 Å². The second kappa shape index (κ2) is 11.0. The van der Waals surface area contributed by atoms with Crippen molar-refractivity contribution >= 4 is 23.9 Å². The van der Waals surface area contributed by atoms with Crippen molar-refractivity contribution in [3.63, 3.8) is 0 Å². The molecule has 0 aromatic rings. The minimum absolute atomic E-state index is 0.0918. The van der Waals surface area contributed by atoms with E-state index in [1.165, 1.54) is 0 Å². The van der Waals surface area contributed by atoms with E-state index in [9.17, 15) is 19.2 Å². The molecule has 5 atom stereocenters. The summed E-state index contributed by atoms with van der Waals surface area (Å²) >= 11 is 0. The Hall–Kier alpha value is -2.28. The van der Waals surface area contributed by atoms with Crippen LogP contribution in [0, 0.1) is 5.92 Å². The van der Waals surface area contributed by atoms with Crippen LogP contribution in [0.4, 0.5) is 0 Å². The minimum atomic E-state index is -1.31. The maximum absolute atomic E-state index is 13.4. The lowest BCUT2D eigenvalue weighted by Gasteiger charge is -2.65. The highest BCUT2D eigenvalue weighted by molar-refractivity contribution is 5.74. The molecule has 0 heterocycles. The van der Waals surface area contributed by atoms with Crippen LogP contribution in [0.25, 0.3) is 0 Å². The molecule has 4 aliphatic rings. The minimum Gasteiger partial charge on any atom is -0.455 e. The molecule has 0 N–H and O–H groups in total. The molecular weight excluding hydrogens is 544 g/mol. The third-order valence-corrected chi connectivity index (χ3v) is 7.75. The van der Waals surface area contributed by atoms with E-state index in [-0.39, 0.29) is 56.9 Å². The summed E-state index contributed by atoms with van der Waals surface area (Å²) in [6.45, 7) is 0.530. The topological polar surface area (TPSA) is 105 Å². The number of nitrogens with zero attached hydrogens (tertiary/aromatic N) is 4. The molecule has 12 nitrogen and oxygen atoms in total. The van der Waals surface area contributed by atoms with Crippen LogP contribution in [0.5, 0.6) is 0 Å². The van der Waals surface area contributed by atoms with Gasteiger partial charge in [-0.25, -0.2) is 19.2 Å². The van der Waals surface area contributed by atoms with Gasteiger partial charge in [0.05, 0.1) is 84.6 Å². The maximum Gasteiger partial charge on any atom is 0.362 e. The highest BCUT2D eigenvalue weighted by Crippen LogP contribution is 2.64. The summed E-state index contributed by atoms with van der Waals surface area (Å²) < 4.78 is 26.6. The zero-order chi connectivity index (χ0) is 32.2. The van der Waals surface area contributed by atoms with Gasteiger partial charge in [-0.3, -0.25) is 0 Å². The fourth-order valence-corrected chi connectivity index (χ4v) is 7.12. The number of likely N-dealkylation sites (N-methyl/N-ethyl adjacent to an activating group) is 4. The van der Waals surface area contributed by atoms with Crippen molar-refractivity contribution in [3.05, 3.63) is 0 Å². The predicted molar refractivity (Wildman–Crippen MR) is 155 cm³/mol. The number of ether oxygens (including phenoxy) is 4. The molecule has 42 heavy (non-hydrogen) atoms. The fraction of sp³-hybridized carbons (Fsp3) is 0.867. The molecule has 0 amide bonds. The molecule has 0 radical (unpaired) electrons. The molecule has 4 saturated carbocycles. The van der Waals surface area contributed by atoms with Crippen LogP contribution in [-0.2, 0) is 38.1 Å². The van der Waals surface area contributed by atoms with Gasteiger partial charge in [0.1, 0.15) is 17.3 Å². The van der Waals surface area contributed by atoms with E-state index >= 15 is 0 Å². The summed E-state index contributed by atoms with van der Waals surface area (Å²) in [5.74, 6) is -1.91. The lowest BCUT2D eigenvalue weighted by molar-refractivity contribution is -0.863. The third kappa shape index (κ3) is 9.11. The van der Waals surface area contributed by atoms with Crippen LogP contribution in [0.3, 0.4) is 0 Å². The van der Waals surface area contributed by atoms with Crippen molar-refractivity contribution in [2.75, 3.05) is 111 Å². The second-order valence-corrected chi connectivity index (χ2v) is 17.3. The average Bonchev–Trinajstić information content (AvgIpc) is 2.63. The number of rotatable bonds is 12. The van der Waals surface area contributed by atoms with E-state index in [0.29, 0.717) is 37.2 Å². The maximum atomic E-state index is 13.4. The summed E-state index contributed by atoms with van der Waals surface area (Å²) in [4.78, 5) is 53.1. The van der Waals surface area contributed by atoms with Crippen molar-refractivity contribution in [1.82, 2.24) is 0 Å². The Balaban J connectivity index is 2.06. The normalized spacial score (nSPS) is 31.0. The third-order valence-electron chi connectivity index (χ3n) is 7.75. The molecule has 240 valence electrons. The van der Waals surface area contributed by atoms with Crippen LogP contribution in [0.15, 0.2) is 0 Å². The summed E-state index contributed by atoms with van der Waals surface area (Å²) in [7, 11) is 22.8. The van der Waals surface area contributed by atoms with E-state index in [1.54, 1.807) is 0 Å². The van der Waals surface area contributed by atoms with Gasteiger partial charge in [0.15, 0.2) is 31.8 Å². The average molecular weight is 601 g/mol. The highest BCUT2D eigenvalue weighted by Gasteiger charge is 2.73. The monoisotopic (exact) mass is 600 g/mol. The first kappa shape index (κ1) is 34.2.